The maximum absolute atomic E-state index is 14.1. The molecule has 6 nitrogen and oxygen atoms in total. The summed E-state index contributed by atoms with van der Waals surface area (Å²) in [5.41, 5.74) is 3.68. The van der Waals surface area contributed by atoms with Crippen molar-refractivity contribution in [1.82, 2.24) is 19.8 Å². The molecule has 8 heteroatoms. The van der Waals surface area contributed by atoms with Crippen molar-refractivity contribution >= 4 is 28.6 Å². The maximum Gasteiger partial charge on any atom is 0.204 e. The molecule has 3 atom stereocenters. The Hall–Kier alpha value is -2.66. The summed E-state index contributed by atoms with van der Waals surface area (Å²) in [6, 6.07) is 13.9. The number of nitriles is 1. The highest BCUT2D eigenvalue weighted by molar-refractivity contribution is 6.31. The summed E-state index contributed by atoms with van der Waals surface area (Å²) in [6.45, 7) is 6.48. The number of piperazine rings is 1. The minimum absolute atomic E-state index is 0.104. The summed E-state index contributed by atoms with van der Waals surface area (Å²) in [6.07, 6.45) is 5.55. The Morgan fingerprint density at radius 3 is 2.86 bits per heavy atom. The molecule has 1 aliphatic heterocycles. The molecule has 6 rings (SSSR count). The van der Waals surface area contributed by atoms with E-state index in [0.717, 1.165) is 76.5 Å². The molecule has 0 unspecified atom stereocenters. The number of benzene rings is 2. The van der Waals surface area contributed by atoms with Crippen LogP contribution in [0.1, 0.15) is 43.2 Å². The van der Waals surface area contributed by atoms with Crippen molar-refractivity contribution in [2.45, 2.75) is 43.6 Å². The molecule has 0 radical (unpaired) electrons. The molecule has 0 amide bonds. The molecule has 3 aromatic rings. The van der Waals surface area contributed by atoms with Gasteiger partial charge < -0.3 is 19.7 Å². The molecule has 2 heterocycles. The topological polar surface area (TPSA) is 62.2 Å². The summed E-state index contributed by atoms with van der Waals surface area (Å²) >= 11 is 6.05. The number of aromatic nitrogens is 2. The van der Waals surface area contributed by atoms with Gasteiger partial charge in [-0.1, -0.05) is 23.7 Å². The number of H-pyrrole nitrogens is 1. The minimum atomic E-state index is -0.425. The third-order valence-electron chi connectivity index (χ3n) is 8.97. The van der Waals surface area contributed by atoms with Crippen molar-refractivity contribution in [1.29, 1.82) is 5.26 Å². The van der Waals surface area contributed by atoms with Gasteiger partial charge in [-0.25, -0.2) is 9.37 Å². The summed E-state index contributed by atoms with van der Waals surface area (Å²) in [4.78, 5) is 15.6. The van der Waals surface area contributed by atoms with Gasteiger partial charge in [0.1, 0.15) is 5.82 Å². The number of rotatable bonds is 7. The van der Waals surface area contributed by atoms with Crippen molar-refractivity contribution in [2.75, 3.05) is 51.2 Å². The van der Waals surface area contributed by atoms with Crippen LogP contribution in [0.3, 0.4) is 0 Å². The Bertz CT molecular complexity index is 1290. The van der Waals surface area contributed by atoms with E-state index < -0.39 is 5.82 Å². The van der Waals surface area contributed by atoms with Crippen molar-refractivity contribution in [3.8, 4) is 6.07 Å². The lowest BCUT2D eigenvalue weighted by Gasteiger charge is -2.38. The first-order valence-corrected chi connectivity index (χ1v) is 13.9. The number of nitrogens with zero attached hydrogens (tertiary/aromatic N) is 5. The second-order valence-electron chi connectivity index (χ2n) is 11.2. The zero-order valence-electron chi connectivity index (χ0n) is 21.4. The Balaban J connectivity index is 1.20. The number of fused-ring (bicyclic) bond motifs is 2. The van der Waals surface area contributed by atoms with Crippen LogP contribution in [0.15, 0.2) is 36.4 Å². The van der Waals surface area contributed by atoms with E-state index in [2.05, 4.69) is 44.9 Å². The van der Waals surface area contributed by atoms with Crippen LogP contribution < -0.4 is 4.90 Å². The van der Waals surface area contributed by atoms with Crippen LogP contribution >= 0.6 is 11.6 Å². The number of aromatic amines is 1. The van der Waals surface area contributed by atoms with E-state index in [1.807, 2.05) is 12.1 Å². The van der Waals surface area contributed by atoms with Gasteiger partial charge in [-0.3, -0.25) is 0 Å². The van der Waals surface area contributed by atoms with Crippen LogP contribution in [0.2, 0.25) is 5.02 Å². The molecular formula is C29H34ClFN6. The third-order valence-corrected chi connectivity index (χ3v) is 9.26. The lowest BCUT2D eigenvalue weighted by molar-refractivity contribution is 0.153. The van der Waals surface area contributed by atoms with Crippen LogP contribution in [-0.4, -0.2) is 72.1 Å². The fraction of sp³-hybridized carbons (Fsp3) is 0.517. The second kappa shape index (κ2) is 9.90. The summed E-state index contributed by atoms with van der Waals surface area (Å²) in [7, 11) is 2.19. The quantitative estimate of drug-likeness (QED) is 0.465. The van der Waals surface area contributed by atoms with Crippen LogP contribution in [0.5, 0.6) is 0 Å². The van der Waals surface area contributed by atoms with Gasteiger partial charge in [-0.05, 0) is 80.8 Å². The first-order valence-electron chi connectivity index (χ1n) is 13.5. The number of nitrogens with one attached hydrogen (secondary N) is 1. The highest BCUT2D eigenvalue weighted by Crippen LogP contribution is 2.63. The monoisotopic (exact) mass is 520 g/mol. The van der Waals surface area contributed by atoms with Crippen molar-refractivity contribution < 1.29 is 4.39 Å². The number of likely N-dealkylation sites (N-methyl/N-ethyl adjacent to an activating group) is 1. The van der Waals surface area contributed by atoms with Gasteiger partial charge >= 0.3 is 0 Å². The Morgan fingerprint density at radius 2 is 2.08 bits per heavy atom. The Morgan fingerprint density at radius 1 is 1.24 bits per heavy atom. The SMILES string of the molecule is CN1CCN(CCCN(c2nc3cc(Cl)c(F)cc3[nH]2)[C@@H]2CC[C@]3(c4cccc(C#N)c4)C[C@@H]3C2)CC1. The van der Waals surface area contributed by atoms with E-state index in [1.54, 1.807) is 6.07 Å². The van der Waals surface area contributed by atoms with Gasteiger partial charge in [-0.2, -0.15) is 5.26 Å². The number of imidazole rings is 1. The van der Waals surface area contributed by atoms with Gasteiger partial charge in [0.15, 0.2) is 0 Å². The smallest absolute Gasteiger partial charge is 0.204 e. The molecule has 2 saturated carbocycles. The molecular weight excluding hydrogens is 487 g/mol. The molecule has 3 aliphatic rings. The van der Waals surface area contributed by atoms with E-state index in [4.69, 9.17) is 16.6 Å². The largest absolute Gasteiger partial charge is 0.339 e. The molecule has 1 aromatic heterocycles. The van der Waals surface area contributed by atoms with Gasteiger partial charge in [-0.15, -0.1) is 0 Å². The van der Waals surface area contributed by atoms with E-state index in [0.29, 0.717) is 23.0 Å². The number of hydrogen-bond acceptors (Lipinski definition) is 5. The molecule has 0 spiro atoms. The third kappa shape index (κ3) is 4.83. The van der Waals surface area contributed by atoms with Crippen molar-refractivity contribution in [3.05, 3.63) is 58.4 Å². The molecule has 0 bridgehead atoms. The molecule has 37 heavy (non-hydrogen) atoms. The maximum atomic E-state index is 14.1. The molecule has 1 N–H and O–H groups in total. The van der Waals surface area contributed by atoms with Crippen molar-refractivity contribution in [2.24, 2.45) is 5.92 Å². The van der Waals surface area contributed by atoms with E-state index in [-0.39, 0.29) is 10.4 Å². The van der Waals surface area contributed by atoms with Gasteiger partial charge in [0.2, 0.25) is 5.95 Å². The van der Waals surface area contributed by atoms with E-state index >= 15 is 0 Å². The Labute approximate surface area is 223 Å². The fourth-order valence-corrected chi connectivity index (χ4v) is 6.83. The van der Waals surface area contributed by atoms with E-state index in [9.17, 15) is 9.65 Å². The standard InChI is InChI=1S/C29H34ClFN6/c1-35-10-12-36(13-11-35)8-3-9-37(28-33-26-16-24(30)25(31)17-27(26)34-28)23-6-7-29(18-22(29)15-23)21-5-2-4-20(14-21)19-32/h2,4-5,14,16-17,22-23H,3,6-13,15,18H2,1H3,(H,33,34)/t22-,23+,29+/m0/s1. The van der Waals surface area contributed by atoms with Gasteiger partial charge in [0.05, 0.1) is 27.7 Å². The highest BCUT2D eigenvalue weighted by atomic mass is 35.5. The van der Waals surface area contributed by atoms with E-state index in [1.165, 1.54) is 18.1 Å². The average Bonchev–Trinajstić information content (AvgIpc) is 3.53. The molecule has 1 saturated heterocycles. The normalized spacial score (nSPS) is 26.1. The zero-order chi connectivity index (χ0) is 25.6. The number of anilines is 1. The highest BCUT2D eigenvalue weighted by Gasteiger charge is 2.58. The fourth-order valence-electron chi connectivity index (χ4n) is 6.67. The summed E-state index contributed by atoms with van der Waals surface area (Å²) in [5, 5.41) is 9.48. The predicted octanol–water partition coefficient (Wildman–Crippen LogP) is 5.18. The van der Waals surface area contributed by atoms with Gasteiger partial charge in [0.25, 0.3) is 0 Å². The predicted molar refractivity (Wildman–Crippen MR) is 146 cm³/mol. The molecule has 3 fully saturated rings. The Kier molecular flexibility index (Phi) is 6.60. The minimum Gasteiger partial charge on any atom is -0.339 e. The number of halogens is 2. The zero-order valence-corrected chi connectivity index (χ0v) is 22.1. The average molecular weight is 521 g/mol. The van der Waals surface area contributed by atoms with Crippen molar-refractivity contribution in [3.63, 3.8) is 0 Å². The second-order valence-corrected chi connectivity index (χ2v) is 11.6. The first kappa shape index (κ1) is 24.7. The number of hydrogen-bond donors (Lipinski definition) is 1. The lowest BCUT2D eigenvalue weighted by atomic mass is 9.80. The molecule has 2 aliphatic carbocycles. The van der Waals surface area contributed by atoms with Gasteiger partial charge in [0, 0.05) is 44.8 Å². The molecule has 194 valence electrons. The lowest BCUT2D eigenvalue weighted by Crippen LogP contribution is -2.46. The summed E-state index contributed by atoms with van der Waals surface area (Å²) in [5.74, 6) is 1.02. The van der Waals surface area contributed by atoms with Crippen LogP contribution in [0, 0.1) is 23.1 Å². The van der Waals surface area contributed by atoms with Crippen LogP contribution in [-0.2, 0) is 5.41 Å². The summed E-state index contributed by atoms with van der Waals surface area (Å²) < 4.78 is 14.1. The molecule has 2 aromatic carbocycles. The van der Waals surface area contributed by atoms with Crippen LogP contribution in [0.25, 0.3) is 11.0 Å². The first-order chi connectivity index (χ1) is 17.9. The van der Waals surface area contributed by atoms with Crippen LogP contribution in [0.4, 0.5) is 10.3 Å².